The highest BCUT2D eigenvalue weighted by Gasteiger charge is 2.26. The van der Waals surface area contributed by atoms with E-state index in [4.69, 9.17) is 25.5 Å². The smallest absolute Gasteiger partial charge is 0.208 e. The number of benzene rings is 1. The van der Waals surface area contributed by atoms with Gasteiger partial charge in [-0.3, -0.25) is 0 Å². The van der Waals surface area contributed by atoms with Gasteiger partial charge >= 0.3 is 0 Å². The molecule has 0 amide bonds. The summed E-state index contributed by atoms with van der Waals surface area (Å²) in [5.41, 5.74) is -0.669. The van der Waals surface area contributed by atoms with E-state index < -0.39 is 40.5 Å². The molecule has 0 aliphatic rings. The minimum Gasteiger partial charge on any atom is -0.504 e. The average molecular weight is 204 g/mol. The summed E-state index contributed by atoms with van der Waals surface area (Å²) < 4.78 is 12.8. The van der Waals surface area contributed by atoms with Crippen molar-refractivity contribution in [1.29, 1.82) is 0 Å². The van der Waals surface area contributed by atoms with E-state index in [2.05, 4.69) is 0 Å². The largest absolute Gasteiger partial charge is 0.504 e. The summed E-state index contributed by atoms with van der Waals surface area (Å²) in [5.74, 6) is -5.22. The highest BCUT2D eigenvalue weighted by molar-refractivity contribution is 5.67. The van der Waals surface area contributed by atoms with Crippen molar-refractivity contribution in [3.05, 3.63) is 5.56 Å². The van der Waals surface area contributed by atoms with Gasteiger partial charge in [-0.1, -0.05) is 0 Å². The van der Waals surface area contributed by atoms with Crippen molar-refractivity contribution in [3.8, 4) is 28.7 Å². The Morgan fingerprint density at radius 2 is 1.07 bits per heavy atom. The Bertz CT molecular complexity index is 345. The first-order valence-electron chi connectivity index (χ1n) is 3.70. The standard InChI is InChI=1S/C8H9FO5/c1-2(9)3-4(10)6(12)8(14)7(13)5(3)11/h2,10-14H,1H3. The van der Waals surface area contributed by atoms with E-state index >= 15 is 0 Å². The van der Waals surface area contributed by atoms with Crippen molar-refractivity contribution < 1.29 is 29.9 Å². The minimum absolute atomic E-state index is 0.669. The Balaban J connectivity index is 3.60. The Morgan fingerprint density at radius 1 is 0.786 bits per heavy atom. The van der Waals surface area contributed by atoms with Crippen LogP contribution < -0.4 is 0 Å². The summed E-state index contributed by atoms with van der Waals surface area (Å²) in [4.78, 5) is 0. The number of halogens is 1. The fraction of sp³-hybridized carbons (Fsp3) is 0.250. The number of phenols is 5. The van der Waals surface area contributed by atoms with Crippen LogP contribution in [0.1, 0.15) is 18.7 Å². The monoisotopic (exact) mass is 204 g/mol. The molecule has 6 heteroatoms. The van der Waals surface area contributed by atoms with Gasteiger partial charge in [0.1, 0.15) is 6.17 Å². The first-order valence-corrected chi connectivity index (χ1v) is 3.70. The fourth-order valence-corrected chi connectivity index (χ4v) is 1.08. The predicted molar refractivity (Wildman–Crippen MR) is 44.3 cm³/mol. The molecule has 0 aromatic heterocycles. The molecule has 0 aliphatic carbocycles. The molecule has 0 spiro atoms. The zero-order valence-electron chi connectivity index (χ0n) is 7.19. The highest BCUT2D eigenvalue weighted by atomic mass is 19.1. The van der Waals surface area contributed by atoms with Crippen molar-refractivity contribution in [2.24, 2.45) is 0 Å². The SMILES string of the molecule is CC(F)c1c(O)c(O)c(O)c(O)c1O. The third kappa shape index (κ3) is 1.24. The molecule has 1 rings (SSSR count). The molecule has 1 atom stereocenters. The Morgan fingerprint density at radius 3 is 1.36 bits per heavy atom. The lowest BCUT2D eigenvalue weighted by atomic mass is 10.1. The molecular formula is C8H9FO5. The zero-order chi connectivity index (χ0) is 11.0. The predicted octanol–water partition coefficient (Wildman–Crippen LogP) is 1.25. The van der Waals surface area contributed by atoms with Crippen molar-refractivity contribution in [2.75, 3.05) is 0 Å². The molecule has 0 saturated heterocycles. The maximum absolute atomic E-state index is 12.8. The number of aromatic hydroxyl groups is 5. The molecule has 78 valence electrons. The van der Waals surface area contributed by atoms with Gasteiger partial charge in [0.05, 0.1) is 5.56 Å². The lowest BCUT2D eigenvalue weighted by Gasteiger charge is -2.12. The molecule has 0 saturated carbocycles. The zero-order valence-corrected chi connectivity index (χ0v) is 7.19. The molecule has 1 aromatic rings. The van der Waals surface area contributed by atoms with Gasteiger partial charge in [0.2, 0.25) is 17.2 Å². The number of hydrogen-bond acceptors (Lipinski definition) is 5. The summed E-state index contributed by atoms with van der Waals surface area (Å²) in [6, 6.07) is 0. The van der Waals surface area contributed by atoms with Crippen LogP contribution in [-0.4, -0.2) is 25.5 Å². The van der Waals surface area contributed by atoms with Crippen LogP contribution in [0.15, 0.2) is 0 Å². The fourth-order valence-electron chi connectivity index (χ4n) is 1.08. The van der Waals surface area contributed by atoms with E-state index in [1.807, 2.05) is 0 Å². The van der Waals surface area contributed by atoms with Crippen LogP contribution in [0.3, 0.4) is 0 Å². The van der Waals surface area contributed by atoms with Crippen LogP contribution in [0, 0.1) is 0 Å². The van der Waals surface area contributed by atoms with Crippen LogP contribution >= 0.6 is 0 Å². The van der Waals surface area contributed by atoms with Gasteiger partial charge in [0, 0.05) is 0 Å². The van der Waals surface area contributed by atoms with Crippen LogP contribution in [0.25, 0.3) is 0 Å². The van der Waals surface area contributed by atoms with Crippen LogP contribution in [0.5, 0.6) is 28.7 Å². The van der Waals surface area contributed by atoms with Gasteiger partial charge in [0.15, 0.2) is 11.5 Å². The maximum Gasteiger partial charge on any atom is 0.208 e. The number of rotatable bonds is 1. The van der Waals surface area contributed by atoms with E-state index in [0.29, 0.717) is 0 Å². The molecule has 5 N–H and O–H groups in total. The Kier molecular flexibility index (Phi) is 2.29. The maximum atomic E-state index is 12.8. The van der Waals surface area contributed by atoms with Crippen LogP contribution in [0.4, 0.5) is 4.39 Å². The van der Waals surface area contributed by atoms with Gasteiger partial charge in [-0.05, 0) is 6.92 Å². The topological polar surface area (TPSA) is 101 Å². The summed E-state index contributed by atoms with van der Waals surface area (Å²) in [7, 11) is 0. The van der Waals surface area contributed by atoms with E-state index in [-0.39, 0.29) is 0 Å². The summed E-state index contributed by atoms with van der Waals surface area (Å²) >= 11 is 0. The quantitative estimate of drug-likeness (QED) is 0.350. The van der Waals surface area contributed by atoms with E-state index in [1.54, 1.807) is 0 Å². The normalized spacial score (nSPS) is 12.7. The second kappa shape index (κ2) is 3.13. The average Bonchev–Trinajstić information content (AvgIpc) is 2.11. The highest BCUT2D eigenvalue weighted by Crippen LogP contribution is 2.53. The summed E-state index contributed by atoms with van der Waals surface area (Å²) in [6.45, 7) is 0.991. The van der Waals surface area contributed by atoms with Crippen molar-refractivity contribution in [2.45, 2.75) is 13.1 Å². The molecule has 5 nitrogen and oxygen atoms in total. The lowest BCUT2D eigenvalue weighted by molar-refractivity contribution is 0.298. The summed E-state index contributed by atoms with van der Waals surface area (Å²) in [6.07, 6.45) is -1.80. The van der Waals surface area contributed by atoms with Gasteiger partial charge in [-0.2, -0.15) is 0 Å². The molecule has 0 radical (unpaired) electrons. The van der Waals surface area contributed by atoms with Crippen LogP contribution in [-0.2, 0) is 0 Å². The Labute approximate surface area is 78.3 Å². The van der Waals surface area contributed by atoms with Crippen molar-refractivity contribution in [1.82, 2.24) is 0 Å². The lowest BCUT2D eigenvalue weighted by Crippen LogP contribution is -1.89. The second-order valence-corrected chi connectivity index (χ2v) is 2.77. The Hall–Kier alpha value is -1.85. The first-order chi connectivity index (χ1) is 6.37. The van der Waals surface area contributed by atoms with E-state index in [9.17, 15) is 4.39 Å². The molecule has 14 heavy (non-hydrogen) atoms. The molecular weight excluding hydrogens is 195 g/mol. The first kappa shape index (κ1) is 10.2. The molecule has 1 aromatic carbocycles. The molecule has 0 heterocycles. The minimum atomic E-state index is -1.80. The third-order valence-electron chi connectivity index (χ3n) is 1.81. The van der Waals surface area contributed by atoms with Crippen LogP contribution in [0.2, 0.25) is 0 Å². The van der Waals surface area contributed by atoms with Gasteiger partial charge < -0.3 is 25.5 Å². The van der Waals surface area contributed by atoms with Crippen molar-refractivity contribution >= 4 is 0 Å². The van der Waals surface area contributed by atoms with Crippen molar-refractivity contribution in [3.63, 3.8) is 0 Å². The summed E-state index contributed by atoms with van der Waals surface area (Å²) in [5, 5.41) is 45.2. The van der Waals surface area contributed by atoms with E-state index in [1.165, 1.54) is 0 Å². The number of hydrogen-bond donors (Lipinski definition) is 5. The van der Waals surface area contributed by atoms with E-state index in [0.717, 1.165) is 6.92 Å². The molecule has 0 fully saturated rings. The molecule has 0 aliphatic heterocycles. The van der Waals surface area contributed by atoms with Gasteiger partial charge in [-0.25, -0.2) is 4.39 Å². The van der Waals surface area contributed by atoms with Gasteiger partial charge in [0.25, 0.3) is 0 Å². The third-order valence-corrected chi connectivity index (χ3v) is 1.81. The number of alkyl halides is 1. The second-order valence-electron chi connectivity index (χ2n) is 2.77. The van der Waals surface area contributed by atoms with Gasteiger partial charge in [-0.15, -0.1) is 0 Å². The number of phenolic OH excluding ortho intramolecular Hbond substituents is 5. The molecule has 1 unspecified atom stereocenters. The molecule has 0 bridgehead atoms.